The molecule has 130 valence electrons. The van der Waals surface area contributed by atoms with E-state index in [1.54, 1.807) is 12.1 Å². The van der Waals surface area contributed by atoms with Gasteiger partial charge in [-0.25, -0.2) is 0 Å². The van der Waals surface area contributed by atoms with Gasteiger partial charge >= 0.3 is 0 Å². The highest BCUT2D eigenvalue weighted by atomic mass is 35.5. The molecule has 1 amide bonds. The third-order valence-corrected chi connectivity index (χ3v) is 5.23. The summed E-state index contributed by atoms with van der Waals surface area (Å²) < 4.78 is 0. The Balaban J connectivity index is 1.96. The van der Waals surface area contributed by atoms with E-state index in [0.29, 0.717) is 22.5 Å². The summed E-state index contributed by atoms with van der Waals surface area (Å²) in [5, 5.41) is 3.95. The van der Waals surface area contributed by atoms with E-state index in [0.717, 1.165) is 17.6 Å². The van der Waals surface area contributed by atoms with E-state index in [4.69, 9.17) is 34.8 Å². The van der Waals surface area contributed by atoms with Crippen molar-refractivity contribution in [2.45, 2.75) is 38.0 Å². The third-order valence-electron chi connectivity index (χ3n) is 3.95. The van der Waals surface area contributed by atoms with Gasteiger partial charge in [0.25, 0.3) is 0 Å². The predicted molar refractivity (Wildman–Crippen MR) is 103 cm³/mol. The Morgan fingerprint density at radius 1 is 1.38 bits per heavy atom. The highest BCUT2D eigenvalue weighted by molar-refractivity contribution is 6.42. The van der Waals surface area contributed by atoms with Crippen molar-refractivity contribution in [2.24, 2.45) is 5.92 Å². The number of carbonyl (C=O) groups is 1. The van der Waals surface area contributed by atoms with E-state index in [1.807, 2.05) is 31.2 Å². The Bertz CT molecular complexity index is 681. The van der Waals surface area contributed by atoms with Crippen LogP contribution in [0.5, 0.6) is 0 Å². The Hall–Kier alpha value is -0.960. The van der Waals surface area contributed by atoms with Crippen LogP contribution >= 0.6 is 34.8 Å². The van der Waals surface area contributed by atoms with Crippen LogP contribution < -0.4 is 5.32 Å². The predicted octanol–water partition coefficient (Wildman–Crippen LogP) is 5.73. The zero-order valence-corrected chi connectivity index (χ0v) is 16.3. The lowest BCUT2D eigenvalue weighted by Gasteiger charge is -2.06. The van der Waals surface area contributed by atoms with Gasteiger partial charge in [0.1, 0.15) is 0 Å². The summed E-state index contributed by atoms with van der Waals surface area (Å²) >= 11 is 18.6. The quantitative estimate of drug-likeness (QED) is 0.377. The first-order chi connectivity index (χ1) is 11.2. The molecule has 2 rings (SSSR count). The number of hydrogen-bond acceptors (Lipinski definition) is 1. The van der Waals surface area contributed by atoms with Gasteiger partial charge in [0.2, 0.25) is 5.91 Å². The average molecular weight is 387 g/mol. The number of nitrogens with one attached hydrogen (secondary N) is 1. The molecular formula is C19H22Cl3NO. The van der Waals surface area contributed by atoms with E-state index in [2.05, 4.69) is 19.2 Å². The number of carbonyl (C=O) groups excluding carboxylic acids is 1. The SMILES string of the molecule is CC(/C=C/[C@@]1(Cl)C[C@@H]1c1ccc(Cl)c(Cl)c1)=C\C(=O)NCC(C)C. The largest absolute Gasteiger partial charge is 0.352 e. The zero-order chi connectivity index (χ0) is 17.9. The fourth-order valence-electron chi connectivity index (χ4n) is 2.44. The molecule has 0 heterocycles. The highest BCUT2D eigenvalue weighted by Gasteiger charge is 2.51. The second kappa shape index (κ2) is 7.95. The van der Waals surface area contributed by atoms with Gasteiger partial charge in [-0.3, -0.25) is 4.79 Å². The van der Waals surface area contributed by atoms with Crippen LogP contribution in [0.3, 0.4) is 0 Å². The van der Waals surface area contributed by atoms with Gasteiger partial charge < -0.3 is 5.32 Å². The summed E-state index contributed by atoms with van der Waals surface area (Å²) in [6.45, 7) is 6.68. The fourth-order valence-corrected chi connectivity index (χ4v) is 3.09. The minimum Gasteiger partial charge on any atom is -0.352 e. The highest BCUT2D eigenvalue weighted by Crippen LogP contribution is 2.58. The van der Waals surface area contributed by atoms with Crippen molar-refractivity contribution < 1.29 is 4.79 Å². The van der Waals surface area contributed by atoms with Gasteiger partial charge in [-0.05, 0) is 42.5 Å². The molecule has 5 heteroatoms. The lowest BCUT2D eigenvalue weighted by Crippen LogP contribution is -2.25. The number of amides is 1. The van der Waals surface area contributed by atoms with E-state index in [9.17, 15) is 4.79 Å². The maximum Gasteiger partial charge on any atom is 0.244 e. The smallest absolute Gasteiger partial charge is 0.244 e. The molecule has 24 heavy (non-hydrogen) atoms. The van der Waals surface area contributed by atoms with Gasteiger partial charge in [0, 0.05) is 18.5 Å². The first-order valence-electron chi connectivity index (χ1n) is 8.00. The standard InChI is InChI=1S/C19H22Cl3NO/c1-12(2)11-23-18(24)8-13(3)6-7-19(22)10-15(19)14-4-5-16(20)17(21)9-14/h4-9,12,15H,10-11H2,1-3H3,(H,23,24)/b7-6+,13-8+/t15-,19-/m1/s1. The number of rotatable bonds is 6. The molecule has 1 saturated carbocycles. The maximum absolute atomic E-state index is 11.8. The second-order valence-corrected chi connectivity index (χ2v) is 8.24. The van der Waals surface area contributed by atoms with Crippen LogP contribution in [0.25, 0.3) is 0 Å². The molecule has 1 aromatic rings. The van der Waals surface area contributed by atoms with Crippen LogP contribution in [0.1, 0.15) is 38.7 Å². The Labute approximate surface area is 158 Å². The summed E-state index contributed by atoms with van der Waals surface area (Å²) in [4.78, 5) is 11.4. The molecule has 0 aliphatic heterocycles. The lowest BCUT2D eigenvalue weighted by molar-refractivity contribution is -0.116. The minimum absolute atomic E-state index is 0.0775. The summed E-state index contributed by atoms with van der Waals surface area (Å²) in [5.74, 6) is 0.571. The van der Waals surface area contributed by atoms with Crippen molar-refractivity contribution in [1.82, 2.24) is 5.32 Å². The lowest BCUT2D eigenvalue weighted by atomic mass is 10.1. The van der Waals surface area contributed by atoms with Crippen molar-refractivity contribution in [1.29, 1.82) is 0 Å². The molecule has 1 aliphatic rings. The van der Waals surface area contributed by atoms with Crippen LogP contribution in [0.4, 0.5) is 0 Å². The Kier molecular flexibility index (Phi) is 6.41. The van der Waals surface area contributed by atoms with Crippen LogP contribution in [0.2, 0.25) is 10.0 Å². The summed E-state index contributed by atoms with van der Waals surface area (Å²) in [5.41, 5.74) is 1.96. The number of halogens is 3. The van der Waals surface area contributed by atoms with E-state index < -0.39 is 4.87 Å². The number of hydrogen-bond donors (Lipinski definition) is 1. The number of benzene rings is 1. The fraction of sp³-hybridized carbons (Fsp3) is 0.421. The third kappa shape index (κ3) is 5.27. The second-order valence-electron chi connectivity index (χ2n) is 6.72. The molecule has 1 aromatic carbocycles. The molecule has 0 unspecified atom stereocenters. The van der Waals surface area contributed by atoms with Crippen molar-refractivity contribution >= 4 is 40.7 Å². The molecule has 0 spiro atoms. The number of alkyl halides is 1. The van der Waals surface area contributed by atoms with Crippen LogP contribution in [0.15, 0.2) is 42.0 Å². The topological polar surface area (TPSA) is 29.1 Å². The Morgan fingerprint density at radius 2 is 2.08 bits per heavy atom. The molecule has 0 aromatic heterocycles. The van der Waals surface area contributed by atoms with Crippen molar-refractivity contribution in [3.8, 4) is 0 Å². The van der Waals surface area contributed by atoms with Gasteiger partial charge in [-0.15, -0.1) is 11.6 Å². The zero-order valence-electron chi connectivity index (χ0n) is 14.1. The first kappa shape index (κ1) is 19.4. The van der Waals surface area contributed by atoms with Crippen molar-refractivity contribution in [2.75, 3.05) is 6.54 Å². The van der Waals surface area contributed by atoms with Crippen LogP contribution in [-0.2, 0) is 4.79 Å². The first-order valence-corrected chi connectivity index (χ1v) is 9.14. The van der Waals surface area contributed by atoms with Crippen molar-refractivity contribution in [3.05, 3.63) is 57.6 Å². The maximum atomic E-state index is 11.8. The molecule has 1 N–H and O–H groups in total. The molecule has 1 fully saturated rings. The van der Waals surface area contributed by atoms with Gasteiger partial charge in [0.15, 0.2) is 0 Å². The molecule has 2 nitrogen and oxygen atoms in total. The van der Waals surface area contributed by atoms with Crippen LogP contribution in [0, 0.1) is 5.92 Å². The van der Waals surface area contributed by atoms with Crippen LogP contribution in [-0.4, -0.2) is 17.3 Å². The van der Waals surface area contributed by atoms with Crippen molar-refractivity contribution in [3.63, 3.8) is 0 Å². The molecule has 0 saturated heterocycles. The normalized spacial score (nSPS) is 23.8. The summed E-state index contributed by atoms with van der Waals surface area (Å²) in [6.07, 6.45) is 6.30. The van der Waals surface area contributed by atoms with E-state index in [1.165, 1.54) is 0 Å². The monoisotopic (exact) mass is 385 g/mol. The van der Waals surface area contributed by atoms with E-state index >= 15 is 0 Å². The molecular weight excluding hydrogens is 365 g/mol. The van der Waals surface area contributed by atoms with E-state index in [-0.39, 0.29) is 11.8 Å². The molecule has 2 atom stereocenters. The Morgan fingerprint density at radius 3 is 2.71 bits per heavy atom. The van der Waals surface area contributed by atoms with Gasteiger partial charge in [-0.2, -0.15) is 0 Å². The summed E-state index contributed by atoms with van der Waals surface area (Å²) in [6, 6.07) is 5.62. The van der Waals surface area contributed by atoms with Gasteiger partial charge in [0.05, 0.1) is 14.9 Å². The summed E-state index contributed by atoms with van der Waals surface area (Å²) in [7, 11) is 0. The van der Waals surface area contributed by atoms with Gasteiger partial charge in [-0.1, -0.05) is 55.3 Å². The number of allylic oxidation sites excluding steroid dienone is 3. The molecule has 0 bridgehead atoms. The molecule has 1 aliphatic carbocycles. The average Bonchev–Trinajstić information content (AvgIpc) is 3.18. The molecule has 0 radical (unpaired) electrons. The minimum atomic E-state index is -0.416.